The first-order valence-corrected chi connectivity index (χ1v) is 10.0. The van der Waals surface area contributed by atoms with Crippen molar-refractivity contribution in [1.29, 1.82) is 0 Å². The molecule has 24 heavy (non-hydrogen) atoms. The molecule has 0 aliphatic carbocycles. The first kappa shape index (κ1) is 18.0. The Bertz CT molecular complexity index is 808. The lowest BCUT2D eigenvalue weighted by molar-refractivity contribution is 0.416. The van der Waals surface area contributed by atoms with E-state index in [0.29, 0.717) is 23.0 Å². The van der Waals surface area contributed by atoms with Gasteiger partial charge in [-0.2, -0.15) is 0 Å². The van der Waals surface area contributed by atoms with E-state index in [0.717, 1.165) is 17.9 Å². The van der Waals surface area contributed by atoms with Crippen LogP contribution in [0.15, 0.2) is 78.6 Å². The highest BCUT2D eigenvalue weighted by atomic mass is 79.9. The lowest BCUT2D eigenvalue weighted by atomic mass is 10.3. The van der Waals surface area contributed by atoms with Crippen LogP contribution in [0.2, 0.25) is 0 Å². The maximum absolute atomic E-state index is 6.01. The molecule has 3 aromatic carbocycles. The molecule has 6 heteroatoms. The number of para-hydroxylation sites is 2. The van der Waals surface area contributed by atoms with Gasteiger partial charge >= 0.3 is 0 Å². The van der Waals surface area contributed by atoms with Gasteiger partial charge in [0.05, 0.1) is 8.95 Å². The molecular weight excluding hydrogens is 568 g/mol. The van der Waals surface area contributed by atoms with E-state index in [2.05, 4.69) is 63.7 Å². The van der Waals surface area contributed by atoms with E-state index in [1.807, 2.05) is 60.7 Å². The number of rotatable bonds is 4. The monoisotopic (exact) mass is 574 g/mol. The summed E-state index contributed by atoms with van der Waals surface area (Å²) in [5, 5.41) is 0. The molecule has 0 N–H and O–H groups in total. The van der Waals surface area contributed by atoms with Crippen molar-refractivity contribution in [2.45, 2.75) is 0 Å². The first-order valence-electron chi connectivity index (χ1n) is 6.88. The molecule has 0 aliphatic rings. The molecular formula is C18H10Br4O2. The molecule has 0 amide bonds. The van der Waals surface area contributed by atoms with Crippen LogP contribution in [0, 0.1) is 0 Å². The highest BCUT2D eigenvalue weighted by Gasteiger charge is 2.11. The summed E-state index contributed by atoms with van der Waals surface area (Å²) in [7, 11) is 0. The van der Waals surface area contributed by atoms with Crippen LogP contribution in [-0.4, -0.2) is 0 Å². The average molecular weight is 578 g/mol. The van der Waals surface area contributed by atoms with Crippen LogP contribution in [0.5, 0.6) is 23.0 Å². The first-order chi connectivity index (χ1) is 11.5. The minimum absolute atomic E-state index is 0.635. The molecule has 0 heterocycles. The number of halogens is 4. The fourth-order valence-corrected chi connectivity index (χ4v) is 4.23. The second-order valence-corrected chi connectivity index (χ2v) is 8.34. The van der Waals surface area contributed by atoms with Crippen LogP contribution in [-0.2, 0) is 0 Å². The molecule has 122 valence electrons. The van der Waals surface area contributed by atoms with Crippen LogP contribution in [0.25, 0.3) is 0 Å². The minimum Gasteiger partial charge on any atom is -0.452 e. The molecule has 3 rings (SSSR count). The summed E-state index contributed by atoms with van der Waals surface area (Å²) in [6.07, 6.45) is 0. The molecule has 3 aromatic rings. The zero-order valence-electron chi connectivity index (χ0n) is 12.1. The fraction of sp³-hybridized carbons (Fsp3) is 0. The number of hydrogen-bond acceptors (Lipinski definition) is 2. The highest BCUT2D eigenvalue weighted by molar-refractivity contribution is 9.11. The second-order valence-electron chi connectivity index (χ2n) is 4.80. The third-order valence-electron chi connectivity index (χ3n) is 3.08. The minimum atomic E-state index is 0.635. The number of ether oxygens (including phenoxy) is 2. The Labute approximate surface area is 173 Å². The zero-order valence-corrected chi connectivity index (χ0v) is 18.4. The maximum Gasteiger partial charge on any atom is 0.170 e. The van der Waals surface area contributed by atoms with Gasteiger partial charge in [0, 0.05) is 8.95 Å². The van der Waals surface area contributed by atoms with E-state index >= 15 is 0 Å². The van der Waals surface area contributed by atoms with Gasteiger partial charge < -0.3 is 9.47 Å². The summed E-state index contributed by atoms with van der Waals surface area (Å²) in [5.74, 6) is 2.69. The summed E-state index contributed by atoms with van der Waals surface area (Å²) in [5.41, 5.74) is 0. The van der Waals surface area contributed by atoms with Gasteiger partial charge in [-0.15, -0.1) is 0 Å². The smallest absolute Gasteiger partial charge is 0.170 e. The van der Waals surface area contributed by atoms with Gasteiger partial charge in [-0.1, -0.05) is 44.0 Å². The normalized spacial score (nSPS) is 10.5. The van der Waals surface area contributed by atoms with Crippen molar-refractivity contribution in [2.24, 2.45) is 0 Å². The highest BCUT2D eigenvalue weighted by Crippen LogP contribution is 2.40. The molecule has 2 nitrogen and oxygen atoms in total. The molecule has 0 radical (unpaired) electrons. The summed E-state index contributed by atoms with van der Waals surface area (Å²) in [4.78, 5) is 0. The molecule has 0 bridgehead atoms. The van der Waals surface area contributed by atoms with Gasteiger partial charge in [-0.05, 0) is 80.4 Å². The van der Waals surface area contributed by atoms with Crippen molar-refractivity contribution in [3.63, 3.8) is 0 Å². The summed E-state index contributed by atoms with van der Waals surface area (Å²) < 4.78 is 15.7. The Morgan fingerprint density at radius 1 is 0.500 bits per heavy atom. The quantitative estimate of drug-likeness (QED) is 0.310. The third-order valence-corrected chi connectivity index (χ3v) is 5.30. The lowest BCUT2D eigenvalue weighted by Crippen LogP contribution is -1.91. The molecule has 0 aromatic heterocycles. The van der Waals surface area contributed by atoms with Gasteiger partial charge in [0.2, 0.25) is 0 Å². The third kappa shape index (κ3) is 4.42. The van der Waals surface area contributed by atoms with Crippen molar-refractivity contribution in [1.82, 2.24) is 0 Å². The van der Waals surface area contributed by atoms with E-state index in [-0.39, 0.29) is 0 Å². The molecule has 0 fully saturated rings. The van der Waals surface area contributed by atoms with Gasteiger partial charge in [0.15, 0.2) is 11.5 Å². The van der Waals surface area contributed by atoms with Crippen LogP contribution < -0.4 is 9.47 Å². The molecule has 0 saturated carbocycles. The second kappa shape index (κ2) is 8.04. The summed E-state index contributed by atoms with van der Waals surface area (Å²) in [6.45, 7) is 0. The Morgan fingerprint density at radius 2 is 0.917 bits per heavy atom. The predicted octanol–water partition coefficient (Wildman–Crippen LogP) is 8.32. The number of benzene rings is 3. The van der Waals surface area contributed by atoms with Gasteiger partial charge in [-0.3, -0.25) is 0 Å². The lowest BCUT2D eigenvalue weighted by Gasteiger charge is -2.14. The van der Waals surface area contributed by atoms with Gasteiger partial charge in [0.25, 0.3) is 0 Å². The van der Waals surface area contributed by atoms with Crippen molar-refractivity contribution in [3.8, 4) is 23.0 Å². The Kier molecular flexibility index (Phi) is 6.02. The summed E-state index contributed by atoms with van der Waals surface area (Å²) >= 11 is 13.9. The largest absolute Gasteiger partial charge is 0.452 e. The Morgan fingerprint density at radius 3 is 1.29 bits per heavy atom. The molecule has 0 atom stereocenters. The van der Waals surface area contributed by atoms with E-state index in [1.54, 1.807) is 0 Å². The number of hydrogen-bond donors (Lipinski definition) is 0. The zero-order chi connectivity index (χ0) is 17.1. The van der Waals surface area contributed by atoms with Crippen LogP contribution >= 0.6 is 63.7 Å². The molecule has 0 aliphatic heterocycles. The van der Waals surface area contributed by atoms with E-state index < -0.39 is 0 Å². The maximum atomic E-state index is 6.01. The Hall–Kier alpha value is -0.820. The van der Waals surface area contributed by atoms with E-state index in [1.165, 1.54) is 0 Å². The molecule has 0 spiro atoms. The van der Waals surface area contributed by atoms with Crippen LogP contribution in [0.4, 0.5) is 0 Å². The van der Waals surface area contributed by atoms with Gasteiger partial charge in [0.1, 0.15) is 11.5 Å². The SMILES string of the molecule is Brc1ccc(Oc2ccccc2Oc2ccc(Br)cc2Br)c(Br)c1. The van der Waals surface area contributed by atoms with Crippen molar-refractivity contribution >= 4 is 63.7 Å². The van der Waals surface area contributed by atoms with Gasteiger partial charge in [-0.25, -0.2) is 0 Å². The van der Waals surface area contributed by atoms with Crippen molar-refractivity contribution < 1.29 is 9.47 Å². The van der Waals surface area contributed by atoms with Crippen LogP contribution in [0.3, 0.4) is 0 Å². The van der Waals surface area contributed by atoms with Crippen molar-refractivity contribution in [2.75, 3.05) is 0 Å². The Balaban J connectivity index is 1.90. The standard InChI is InChI=1S/C18H10Br4O2/c19-11-5-7-15(13(21)9-11)23-17-3-1-2-4-18(17)24-16-8-6-12(20)10-14(16)22/h1-10H. The summed E-state index contributed by atoms with van der Waals surface area (Å²) in [6, 6.07) is 19.1. The van der Waals surface area contributed by atoms with Crippen LogP contribution in [0.1, 0.15) is 0 Å². The molecule has 0 unspecified atom stereocenters. The van der Waals surface area contributed by atoms with E-state index in [4.69, 9.17) is 9.47 Å². The van der Waals surface area contributed by atoms with E-state index in [9.17, 15) is 0 Å². The predicted molar refractivity (Wildman–Crippen MR) is 110 cm³/mol. The topological polar surface area (TPSA) is 18.5 Å². The fourth-order valence-electron chi connectivity index (χ4n) is 1.97. The van der Waals surface area contributed by atoms with Crippen molar-refractivity contribution in [3.05, 3.63) is 78.6 Å². The molecule has 0 saturated heterocycles. The average Bonchev–Trinajstić information content (AvgIpc) is 2.54.